The second-order valence-electron chi connectivity index (χ2n) is 8.32. The first kappa shape index (κ1) is 24.4. The van der Waals surface area contributed by atoms with Gasteiger partial charge in [0.15, 0.2) is 17.5 Å². The van der Waals surface area contributed by atoms with Crippen LogP contribution in [0.2, 0.25) is 0 Å². The zero-order valence-corrected chi connectivity index (χ0v) is 21.0. The molecule has 0 amide bonds. The van der Waals surface area contributed by atoms with Crippen LogP contribution in [0.15, 0.2) is 23.2 Å². The van der Waals surface area contributed by atoms with E-state index in [0.717, 1.165) is 68.4 Å². The van der Waals surface area contributed by atoms with Gasteiger partial charge in [0, 0.05) is 33.3 Å². The lowest BCUT2D eigenvalue weighted by atomic mass is 10.1. The third-order valence-corrected chi connectivity index (χ3v) is 6.26. The summed E-state index contributed by atoms with van der Waals surface area (Å²) >= 11 is 0. The average molecular weight is 545 g/mol. The molecule has 2 heterocycles. The van der Waals surface area contributed by atoms with Gasteiger partial charge in [0.2, 0.25) is 0 Å². The molecule has 1 aromatic rings. The number of nitrogens with zero attached hydrogens (tertiary/aromatic N) is 2. The van der Waals surface area contributed by atoms with Crippen molar-refractivity contribution in [1.82, 2.24) is 10.2 Å². The second-order valence-corrected chi connectivity index (χ2v) is 8.32. The molecule has 8 heteroatoms. The summed E-state index contributed by atoms with van der Waals surface area (Å²) in [4.78, 5) is 6.78. The standard InChI is InChI=1S/C23H35N3O4.HI/c1-24-23(26-11-13-29-22(16-26)20-8-5-12-28-20)25-15-17-9-10-19(27-2)21(14-17)30-18-6-3-4-7-18;/h9-10,14,18,20,22H,3-8,11-13,15-16H2,1-2H3,(H,24,25);1H. The number of nitrogens with one attached hydrogen (secondary N) is 1. The highest BCUT2D eigenvalue weighted by Gasteiger charge is 2.32. The van der Waals surface area contributed by atoms with E-state index in [0.29, 0.717) is 19.3 Å². The molecule has 3 aliphatic rings. The summed E-state index contributed by atoms with van der Waals surface area (Å²) in [5, 5.41) is 3.51. The van der Waals surface area contributed by atoms with E-state index in [2.05, 4.69) is 27.3 Å². The third kappa shape index (κ3) is 6.38. The van der Waals surface area contributed by atoms with E-state index in [1.54, 1.807) is 7.11 Å². The van der Waals surface area contributed by atoms with E-state index in [4.69, 9.17) is 18.9 Å². The summed E-state index contributed by atoms with van der Waals surface area (Å²) < 4.78 is 23.6. The van der Waals surface area contributed by atoms with Gasteiger partial charge >= 0.3 is 0 Å². The molecule has 4 rings (SSSR count). The minimum atomic E-state index is 0. The van der Waals surface area contributed by atoms with Crippen molar-refractivity contribution in [1.29, 1.82) is 0 Å². The Morgan fingerprint density at radius 2 is 1.90 bits per heavy atom. The Morgan fingerprint density at radius 1 is 1.10 bits per heavy atom. The van der Waals surface area contributed by atoms with Crippen LogP contribution in [0.4, 0.5) is 0 Å². The summed E-state index contributed by atoms with van der Waals surface area (Å²) in [6, 6.07) is 6.16. The van der Waals surface area contributed by atoms with Crippen LogP contribution in [0.25, 0.3) is 0 Å². The molecule has 1 saturated carbocycles. The fraction of sp³-hybridized carbons (Fsp3) is 0.696. The SMILES string of the molecule is CN=C(NCc1ccc(OC)c(OC2CCCC2)c1)N1CCOC(C2CCCO2)C1.I. The molecule has 7 nitrogen and oxygen atoms in total. The molecule has 3 fully saturated rings. The van der Waals surface area contributed by atoms with Crippen LogP contribution in [0.1, 0.15) is 44.1 Å². The molecule has 2 unspecified atom stereocenters. The lowest BCUT2D eigenvalue weighted by molar-refractivity contribution is -0.0817. The number of methoxy groups -OCH3 is 1. The number of halogens is 1. The van der Waals surface area contributed by atoms with Gasteiger partial charge in [0.05, 0.1) is 25.9 Å². The lowest BCUT2D eigenvalue weighted by Gasteiger charge is -2.37. The number of hydrogen-bond acceptors (Lipinski definition) is 5. The van der Waals surface area contributed by atoms with Crippen LogP contribution in [0, 0.1) is 0 Å². The molecule has 1 aliphatic carbocycles. The van der Waals surface area contributed by atoms with Crippen LogP contribution in [-0.4, -0.2) is 69.6 Å². The molecule has 174 valence electrons. The number of rotatable bonds is 6. The minimum Gasteiger partial charge on any atom is -0.493 e. The first-order chi connectivity index (χ1) is 14.8. The van der Waals surface area contributed by atoms with Gasteiger partial charge in [0.1, 0.15) is 6.10 Å². The van der Waals surface area contributed by atoms with E-state index in [-0.39, 0.29) is 36.2 Å². The number of aliphatic imine (C=N–C) groups is 1. The maximum atomic E-state index is 6.23. The van der Waals surface area contributed by atoms with Crippen LogP contribution in [-0.2, 0) is 16.0 Å². The highest BCUT2D eigenvalue weighted by Crippen LogP contribution is 2.32. The van der Waals surface area contributed by atoms with Crippen LogP contribution >= 0.6 is 24.0 Å². The Balaban J connectivity index is 0.00000272. The maximum Gasteiger partial charge on any atom is 0.194 e. The van der Waals surface area contributed by atoms with Crippen molar-refractivity contribution in [3.63, 3.8) is 0 Å². The molecule has 0 radical (unpaired) electrons. The summed E-state index contributed by atoms with van der Waals surface area (Å²) in [6.07, 6.45) is 7.59. The molecular weight excluding hydrogens is 509 g/mol. The van der Waals surface area contributed by atoms with Gasteiger partial charge in [-0.3, -0.25) is 4.99 Å². The van der Waals surface area contributed by atoms with Crippen molar-refractivity contribution in [2.75, 3.05) is 40.5 Å². The van der Waals surface area contributed by atoms with Gasteiger partial charge in [-0.1, -0.05) is 6.07 Å². The van der Waals surface area contributed by atoms with Gasteiger partial charge in [-0.05, 0) is 56.2 Å². The maximum absolute atomic E-state index is 6.23. The Hall–Kier alpha value is -1.26. The Bertz CT molecular complexity index is 721. The van der Waals surface area contributed by atoms with Crippen molar-refractivity contribution in [3.05, 3.63) is 23.8 Å². The first-order valence-corrected chi connectivity index (χ1v) is 11.3. The number of benzene rings is 1. The fourth-order valence-electron chi connectivity index (χ4n) is 4.61. The zero-order valence-electron chi connectivity index (χ0n) is 18.7. The first-order valence-electron chi connectivity index (χ1n) is 11.3. The molecule has 0 spiro atoms. The van der Waals surface area contributed by atoms with Gasteiger partial charge in [-0.25, -0.2) is 0 Å². The van der Waals surface area contributed by atoms with Gasteiger partial charge in [0.25, 0.3) is 0 Å². The summed E-state index contributed by atoms with van der Waals surface area (Å²) in [5.74, 6) is 2.53. The number of guanidine groups is 1. The van der Waals surface area contributed by atoms with E-state index in [1.807, 2.05) is 13.1 Å². The van der Waals surface area contributed by atoms with Gasteiger partial charge in [-0.15, -0.1) is 24.0 Å². The molecule has 0 bridgehead atoms. The summed E-state index contributed by atoms with van der Waals surface area (Å²) in [7, 11) is 3.53. The molecule has 2 saturated heterocycles. The molecular formula is C23H36IN3O4. The van der Waals surface area contributed by atoms with Crippen LogP contribution in [0.3, 0.4) is 0 Å². The van der Waals surface area contributed by atoms with Crippen molar-refractivity contribution in [3.8, 4) is 11.5 Å². The smallest absolute Gasteiger partial charge is 0.194 e. The largest absolute Gasteiger partial charge is 0.493 e. The van der Waals surface area contributed by atoms with Crippen molar-refractivity contribution >= 4 is 29.9 Å². The molecule has 1 N–H and O–H groups in total. The normalized spacial score (nSPS) is 24.7. The highest BCUT2D eigenvalue weighted by molar-refractivity contribution is 14.0. The molecule has 2 aliphatic heterocycles. The molecule has 31 heavy (non-hydrogen) atoms. The highest BCUT2D eigenvalue weighted by atomic mass is 127. The minimum absolute atomic E-state index is 0. The lowest BCUT2D eigenvalue weighted by Crippen LogP contribution is -2.53. The zero-order chi connectivity index (χ0) is 20.8. The fourth-order valence-corrected chi connectivity index (χ4v) is 4.61. The third-order valence-electron chi connectivity index (χ3n) is 6.26. The average Bonchev–Trinajstić information content (AvgIpc) is 3.49. The van der Waals surface area contributed by atoms with E-state index in [1.165, 1.54) is 12.8 Å². The van der Waals surface area contributed by atoms with Crippen LogP contribution in [0.5, 0.6) is 11.5 Å². The molecule has 1 aromatic carbocycles. The monoisotopic (exact) mass is 545 g/mol. The predicted octanol–water partition coefficient (Wildman–Crippen LogP) is 3.59. The molecule has 0 aromatic heterocycles. The van der Waals surface area contributed by atoms with E-state index in [9.17, 15) is 0 Å². The van der Waals surface area contributed by atoms with Crippen molar-refractivity contribution < 1.29 is 18.9 Å². The van der Waals surface area contributed by atoms with E-state index < -0.39 is 0 Å². The topological polar surface area (TPSA) is 64.6 Å². The van der Waals surface area contributed by atoms with Crippen LogP contribution < -0.4 is 14.8 Å². The second kappa shape index (κ2) is 12.1. The summed E-state index contributed by atoms with van der Waals surface area (Å²) in [6.45, 7) is 3.87. The number of ether oxygens (including phenoxy) is 4. The van der Waals surface area contributed by atoms with Crippen molar-refractivity contribution in [2.45, 2.75) is 63.4 Å². The van der Waals surface area contributed by atoms with E-state index >= 15 is 0 Å². The molecule has 2 atom stereocenters. The summed E-state index contributed by atoms with van der Waals surface area (Å²) in [5.41, 5.74) is 1.15. The Kier molecular flexibility index (Phi) is 9.52. The number of hydrogen-bond donors (Lipinski definition) is 1. The Labute approximate surface area is 202 Å². The van der Waals surface area contributed by atoms with Crippen molar-refractivity contribution in [2.24, 2.45) is 4.99 Å². The Morgan fingerprint density at radius 3 is 2.61 bits per heavy atom. The van der Waals surface area contributed by atoms with Gasteiger partial charge in [-0.2, -0.15) is 0 Å². The van der Waals surface area contributed by atoms with Gasteiger partial charge < -0.3 is 29.2 Å². The predicted molar refractivity (Wildman–Crippen MR) is 132 cm³/mol. The number of morpholine rings is 1. The quantitative estimate of drug-likeness (QED) is 0.335.